The van der Waals surface area contributed by atoms with E-state index in [2.05, 4.69) is 55.6 Å². The summed E-state index contributed by atoms with van der Waals surface area (Å²) < 4.78 is 5.43. The van der Waals surface area contributed by atoms with E-state index in [1.54, 1.807) is 6.08 Å². The third-order valence-electron chi connectivity index (χ3n) is 14.8. The Morgan fingerprint density at radius 3 is 1.05 bits per heavy atom. The Balaban J connectivity index is 3.46. The van der Waals surface area contributed by atoms with Crippen LogP contribution < -0.4 is 5.32 Å². The van der Waals surface area contributed by atoms with E-state index in [4.69, 9.17) is 4.74 Å². The zero-order valence-corrected chi connectivity index (χ0v) is 48.9. The number of nitrogens with one attached hydrogen (secondary N) is 1. The fourth-order valence-corrected chi connectivity index (χ4v) is 9.88. The van der Waals surface area contributed by atoms with Crippen molar-refractivity contribution < 1.29 is 24.5 Å². The van der Waals surface area contributed by atoms with Crippen molar-refractivity contribution in [1.29, 1.82) is 0 Å². The van der Waals surface area contributed by atoms with Crippen molar-refractivity contribution in [3.05, 3.63) is 48.6 Å². The van der Waals surface area contributed by atoms with Crippen LogP contribution in [0.15, 0.2) is 48.6 Å². The van der Waals surface area contributed by atoms with Gasteiger partial charge < -0.3 is 20.3 Å². The second kappa shape index (κ2) is 62.4. The van der Waals surface area contributed by atoms with E-state index in [1.165, 1.54) is 263 Å². The average Bonchev–Trinajstić information content (AvgIpc) is 3.39. The van der Waals surface area contributed by atoms with Crippen LogP contribution in [0.5, 0.6) is 0 Å². The number of ether oxygens (including phenoxy) is 1. The molecule has 0 aromatic rings. The summed E-state index contributed by atoms with van der Waals surface area (Å²) in [6, 6.07) is -0.633. The molecular weight excluding hydrogens is 899 g/mol. The van der Waals surface area contributed by atoms with Crippen LogP contribution in [0.25, 0.3) is 0 Å². The minimum absolute atomic E-state index is 0.0363. The number of aliphatic hydroxyl groups is 2. The second-order valence-corrected chi connectivity index (χ2v) is 22.1. The summed E-state index contributed by atoms with van der Waals surface area (Å²) in [7, 11) is 0. The summed E-state index contributed by atoms with van der Waals surface area (Å²) in [4.78, 5) is 24.6. The van der Waals surface area contributed by atoms with E-state index in [0.717, 1.165) is 51.4 Å². The number of carbonyl (C=O) groups excluding carboxylic acids is 2. The van der Waals surface area contributed by atoms with Crippen molar-refractivity contribution in [3.8, 4) is 0 Å². The molecule has 0 fully saturated rings. The first kappa shape index (κ1) is 70.8. The maximum absolute atomic E-state index is 12.5. The van der Waals surface area contributed by atoms with Crippen LogP contribution in [0.2, 0.25) is 0 Å². The van der Waals surface area contributed by atoms with Gasteiger partial charge in [0.05, 0.1) is 25.4 Å². The third kappa shape index (κ3) is 58.9. The number of hydrogen-bond donors (Lipinski definition) is 3. The summed E-state index contributed by atoms with van der Waals surface area (Å²) in [5.74, 6) is -0.108. The van der Waals surface area contributed by atoms with E-state index in [-0.39, 0.29) is 18.5 Å². The highest BCUT2D eigenvalue weighted by molar-refractivity contribution is 5.76. The van der Waals surface area contributed by atoms with Crippen molar-refractivity contribution in [3.63, 3.8) is 0 Å². The Morgan fingerprint density at radius 2 is 0.685 bits per heavy atom. The zero-order valence-electron chi connectivity index (χ0n) is 48.9. The molecule has 2 atom stereocenters. The lowest BCUT2D eigenvalue weighted by Gasteiger charge is -2.20. The van der Waals surface area contributed by atoms with Crippen molar-refractivity contribution in [2.75, 3.05) is 13.2 Å². The highest BCUT2D eigenvalue weighted by atomic mass is 16.5. The normalized spacial score (nSPS) is 12.9. The Hall–Kier alpha value is -2.18. The van der Waals surface area contributed by atoms with Gasteiger partial charge in [-0.2, -0.15) is 0 Å². The van der Waals surface area contributed by atoms with Gasteiger partial charge in [0, 0.05) is 12.8 Å². The highest BCUT2D eigenvalue weighted by Gasteiger charge is 2.18. The molecule has 3 N–H and O–H groups in total. The van der Waals surface area contributed by atoms with Gasteiger partial charge >= 0.3 is 5.97 Å². The van der Waals surface area contributed by atoms with Crippen LogP contribution in [0.4, 0.5) is 0 Å². The monoisotopic (exact) mass is 1020 g/mol. The van der Waals surface area contributed by atoms with Crippen molar-refractivity contribution in [2.45, 2.75) is 353 Å². The number of carbonyl (C=O) groups is 2. The molecule has 1 amide bonds. The van der Waals surface area contributed by atoms with Crippen LogP contribution >= 0.6 is 0 Å². The predicted octanol–water partition coefficient (Wildman–Crippen LogP) is 20.5. The molecule has 6 nitrogen and oxygen atoms in total. The second-order valence-electron chi connectivity index (χ2n) is 22.1. The molecule has 2 unspecified atom stereocenters. The molecule has 0 heterocycles. The smallest absolute Gasteiger partial charge is 0.305 e. The topological polar surface area (TPSA) is 95.9 Å². The number of aliphatic hydroxyl groups excluding tert-OH is 2. The largest absolute Gasteiger partial charge is 0.465 e. The molecule has 0 rings (SSSR count). The number of amides is 1. The lowest BCUT2D eigenvalue weighted by molar-refractivity contribution is -0.143. The van der Waals surface area contributed by atoms with E-state index in [9.17, 15) is 19.8 Å². The van der Waals surface area contributed by atoms with E-state index in [0.29, 0.717) is 19.4 Å². The molecule has 428 valence electrons. The molecule has 0 bridgehead atoms. The maximum atomic E-state index is 12.5. The minimum Gasteiger partial charge on any atom is -0.465 e. The standard InChI is InChI=1S/C67H125NO5/c1-3-5-7-9-11-13-15-17-19-21-25-29-33-37-41-45-49-53-57-61-67(72)73-62-58-54-50-46-42-38-34-30-27-24-22-23-26-28-32-36-40-44-48-52-56-60-66(71)68-64(63-69)65(70)59-55-51-47-43-39-35-31-20-18-16-14-12-10-8-6-4-2/h17,19,38,42,50,54-55,59,64-65,69-70H,3-16,18,20-37,39-41,43-49,51-53,56-58,60-63H2,1-2H3,(H,68,71)/b19-17-,42-38-,54-50-,59-55+. The minimum atomic E-state index is -0.849. The number of allylic oxidation sites excluding steroid dienone is 6. The molecule has 0 aliphatic heterocycles. The summed E-state index contributed by atoms with van der Waals surface area (Å²) in [5.41, 5.74) is 0. The van der Waals surface area contributed by atoms with Gasteiger partial charge in [0.2, 0.25) is 5.91 Å². The Bertz CT molecular complexity index is 1230. The van der Waals surface area contributed by atoms with Crippen LogP contribution in [0.1, 0.15) is 341 Å². The number of esters is 1. The fraction of sp³-hybridized carbons (Fsp3) is 0.851. The molecule has 0 spiro atoms. The van der Waals surface area contributed by atoms with Crippen LogP contribution in [0.3, 0.4) is 0 Å². The third-order valence-corrected chi connectivity index (χ3v) is 14.8. The van der Waals surface area contributed by atoms with Gasteiger partial charge in [-0.25, -0.2) is 0 Å². The summed E-state index contributed by atoms with van der Waals surface area (Å²) in [5, 5.41) is 23.2. The zero-order chi connectivity index (χ0) is 52.9. The van der Waals surface area contributed by atoms with Gasteiger partial charge in [0.25, 0.3) is 0 Å². The van der Waals surface area contributed by atoms with Gasteiger partial charge in [0.1, 0.15) is 0 Å². The van der Waals surface area contributed by atoms with Gasteiger partial charge in [-0.3, -0.25) is 9.59 Å². The summed E-state index contributed by atoms with van der Waals surface area (Å²) in [6.07, 6.45) is 80.3. The first-order valence-corrected chi connectivity index (χ1v) is 32.4. The predicted molar refractivity (Wildman–Crippen MR) is 319 cm³/mol. The quantitative estimate of drug-likeness (QED) is 0.0320. The average molecular weight is 1020 g/mol. The summed E-state index contributed by atoms with van der Waals surface area (Å²) >= 11 is 0. The van der Waals surface area contributed by atoms with E-state index >= 15 is 0 Å². The van der Waals surface area contributed by atoms with Crippen LogP contribution in [0, 0.1) is 0 Å². The molecule has 0 aromatic carbocycles. The molecule has 0 aliphatic carbocycles. The van der Waals surface area contributed by atoms with Gasteiger partial charge in [0.15, 0.2) is 0 Å². The molecule has 6 heteroatoms. The number of hydrogen-bond acceptors (Lipinski definition) is 5. The highest BCUT2D eigenvalue weighted by Crippen LogP contribution is 2.17. The van der Waals surface area contributed by atoms with Crippen LogP contribution in [-0.4, -0.2) is 47.4 Å². The Morgan fingerprint density at radius 1 is 0.384 bits per heavy atom. The number of rotatable bonds is 60. The van der Waals surface area contributed by atoms with Gasteiger partial charge in [-0.15, -0.1) is 0 Å². The SMILES string of the molecule is CCCCCCCC/C=C\CCCCCCCCCCCC(=O)OCC/C=C\C/C=C\CCCCCCCCCCCCCCCCC(=O)NC(CO)C(O)/C=C/CCCCCCCCCCCCCCCC. The van der Waals surface area contributed by atoms with Gasteiger partial charge in [-0.1, -0.05) is 300 Å². The molecule has 0 aliphatic rings. The Kier molecular flexibility index (Phi) is 60.5. The molecule has 73 heavy (non-hydrogen) atoms. The van der Waals surface area contributed by atoms with Crippen molar-refractivity contribution in [1.82, 2.24) is 5.32 Å². The first-order chi connectivity index (χ1) is 36.0. The molecule has 0 saturated heterocycles. The molecule has 0 radical (unpaired) electrons. The molecule has 0 aromatic heterocycles. The lowest BCUT2D eigenvalue weighted by Crippen LogP contribution is -2.45. The number of unbranched alkanes of at least 4 members (excludes halogenated alkanes) is 43. The van der Waals surface area contributed by atoms with Crippen molar-refractivity contribution >= 4 is 11.9 Å². The Labute approximate surface area is 455 Å². The maximum Gasteiger partial charge on any atom is 0.305 e. The molecular formula is C67H125NO5. The fourth-order valence-electron chi connectivity index (χ4n) is 9.88. The molecule has 0 saturated carbocycles. The van der Waals surface area contributed by atoms with Crippen molar-refractivity contribution in [2.24, 2.45) is 0 Å². The van der Waals surface area contributed by atoms with E-state index < -0.39 is 12.1 Å². The van der Waals surface area contributed by atoms with Gasteiger partial charge in [-0.05, 0) is 77.0 Å². The lowest BCUT2D eigenvalue weighted by atomic mass is 10.0. The first-order valence-electron chi connectivity index (χ1n) is 32.4. The van der Waals surface area contributed by atoms with E-state index in [1.807, 2.05) is 6.08 Å². The summed E-state index contributed by atoms with van der Waals surface area (Å²) in [6.45, 7) is 4.81. The van der Waals surface area contributed by atoms with Crippen LogP contribution in [-0.2, 0) is 14.3 Å².